The molecule has 0 amide bonds. The number of ketones is 1. The van der Waals surface area contributed by atoms with Gasteiger partial charge in [-0.1, -0.05) is 31.9 Å². The van der Waals surface area contributed by atoms with E-state index in [1.54, 1.807) is 18.2 Å². The Morgan fingerprint density at radius 2 is 2.19 bits per heavy atom. The Kier molecular flexibility index (Phi) is 4.81. The van der Waals surface area contributed by atoms with E-state index in [9.17, 15) is 4.79 Å². The fraction of sp³-hybridized carbons (Fsp3) is 0.462. The van der Waals surface area contributed by atoms with Gasteiger partial charge in [0.1, 0.15) is 5.75 Å². The summed E-state index contributed by atoms with van der Waals surface area (Å²) in [7, 11) is 0. The first-order valence-electron chi connectivity index (χ1n) is 5.47. The zero-order chi connectivity index (χ0) is 12.1. The standard InChI is InChI=1S/C13H17ClO2/c1-4-9(2)8-16-13-6-5-11(10(3)15)7-12(13)14/h5-7,9H,4,8H2,1-3H3. The summed E-state index contributed by atoms with van der Waals surface area (Å²) in [5.41, 5.74) is 0.612. The number of carbonyl (C=O) groups excluding carboxylic acids is 1. The Morgan fingerprint density at radius 3 is 2.69 bits per heavy atom. The Labute approximate surface area is 102 Å². The maximum absolute atomic E-state index is 11.1. The van der Waals surface area contributed by atoms with Gasteiger partial charge in [0.05, 0.1) is 11.6 Å². The highest BCUT2D eigenvalue weighted by Gasteiger charge is 2.07. The van der Waals surface area contributed by atoms with Crippen molar-refractivity contribution in [1.82, 2.24) is 0 Å². The molecule has 0 heterocycles. The lowest BCUT2D eigenvalue weighted by Crippen LogP contribution is -2.07. The maximum atomic E-state index is 11.1. The molecule has 0 radical (unpaired) electrons. The number of carbonyl (C=O) groups is 1. The highest BCUT2D eigenvalue weighted by molar-refractivity contribution is 6.32. The zero-order valence-electron chi connectivity index (χ0n) is 9.92. The zero-order valence-corrected chi connectivity index (χ0v) is 10.7. The van der Waals surface area contributed by atoms with E-state index in [0.717, 1.165) is 6.42 Å². The number of Topliss-reactive ketones (excluding diaryl/α,β-unsaturated/α-hetero) is 1. The monoisotopic (exact) mass is 240 g/mol. The van der Waals surface area contributed by atoms with Crippen molar-refractivity contribution in [2.24, 2.45) is 5.92 Å². The van der Waals surface area contributed by atoms with E-state index in [2.05, 4.69) is 13.8 Å². The van der Waals surface area contributed by atoms with E-state index in [4.69, 9.17) is 16.3 Å². The summed E-state index contributed by atoms with van der Waals surface area (Å²) in [4.78, 5) is 11.1. The molecule has 3 heteroatoms. The third-order valence-electron chi connectivity index (χ3n) is 2.56. The first-order chi connectivity index (χ1) is 7.54. The lowest BCUT2D eigenvalue weighted by Gasteiger charge is -2.12. The minimum Gasteiger partial charge on any atom is -0.492 e. The van der Waals surface area contributed by atoms with E-state index in [0.29, 0.717) is 28.9 Å². The molecule has 1 atom stereocenters. The van der Waals surface area contributed by atoms with Gasteiger partial charge < -0.3 is 4.74 Å². The van der Waals surface area contributed by atoms with Gasteiger partial charge in [0, 0.05) is 5.56 Å². The van der Waals surface area contributed by atoms with Gasteiger partial charge in [-0.25, -0.2) is 0 Å². The molecular weight excluding hydrogens is 224 g/mol. The molecule has 0 aliphatic rings. The van der Waals surface area contributed by atoms with Crippen molar-refractivity contribution in [2.45, 2.75) is 27.2 Å². The SMILES string of the molecule is CCC(C)COc1ccc(C(C)=O)cc1Cl. The highest BCUT2D eigenvalue weighted by atomic mass is 35.5. The van der Waals surface area contributed by atoms with Gasteiger partial charge in [0.15, 0.2) is 5.78 Å². The van der Waals surface area contributed by atoms with E-state index < -0.39 is 0 Å². The fourth-order valence-corrected chi connectivity index (χ4v) is 1.42. The molecule has 1 aromatic rings. The van der Waals surface area contributed by atoms with Crippen molar-refractivity contribution in [3.63, 3.8) is 0 Å². The van der Waals surface area contributed by atoms with Crippen LogP contribution in [0.15, 0.2) is 18.2 Å². The van der Waals surface area contributed by atoms with Crippen LogP contribution in [0.4, 0.5) is 0 Å². The molecular formula is C13H17ClO2. The number of halogens is 1. The van der Waals surface area contributed by atoms with Crippen LogP contribution in [0.25, 0.3) is 0 Å². The van der Waals surface area contributed by atoms with Crippen molar-refractivity contribution < 1.29 is 9.53 Å². The molecule has 0 spiro atoms. The van der Waals surface area contributed by atoms with Crippen LogP contribution in [-0.2, 0) is 0 Å². The molecule has 0 N–H and O–H groups in total. The van der Waals surface area contributed by atoms with E-state index in [-0.39, 0.29) is 5.78 Å². The second-order valence-corrected chi connectivity index (χ2v) is 4.43. The summed E-state index contributed by atoms with van der Waals surface area (Å²) in [6, 6.07) is 5.14. The summed E-state index contributed by atoms with van der Waals surface area (Å²) < 4.78 is 5.58. The molecule has 0 aromatic heterocycles. The maximum Gasteiger partial charge on any atom is 0.159 e. The molecule has 88 valence electrons. The Morgan fingerprint density at radius 1 is 1.50 bits per heavy atom. The molecule has 2 nitrogen and oxygen atoms in total. The van der Waals surface area contributed by atoms with Gasteiger partial charge in [-0.05, 0) is 31.0 Å². The van der Waals surface area contributed by atoms with Gasteiger partial charge in [-0.3, -0.25) is 4.79 Å². The molecule has 1 unspecified atom stereocenters. The number of rotatable bonds is 5. The largest absolute Gasteiger partial charge is 0.492 e. The summed E-state index contributed by atoms with van der Waals surface area (Å²) >= 11 is 6.02. The van der Waals surface area contributed by atoms with Crippen LogP contribution in [0.3, 0.4) is 0 Å². The average Bonchev–Trinajstić information content (AvgIpc) is 2.26. The van der Waals surface area contributed by atoms with Gasteiger partial charge in [-0.2, -0.15) is 0 Å². The molecule has 0 saturated carbocycles. The van der Waals surface area contributed by atoms with E-state index in [1.165, 1.54) is 6.92 Å². The predicted molar refractivity (Wildman–Crippen MR) is 66.4 cm³/mol. The highest BCUT2D eigenvalue weighted by Crippen LogP contribution is 2.26. The van der Waals surface area contributed by atoms with Gasteiger partial charge >= 0.3 is 0 Å². The molecule has 0 bridgehead atoms. The third kappa shape index (κ3) is 3.53. The van der Waals surface area contributed by atoms with E-state index in [1.807, 2.05) is 0 Å². The molecule has 0 saturated heterocycles. The second kappa shape index (κ2) is 5.90. The van der Waals surface area contributed by atoms with E-state index >= 15 is 0 Å². The quantitative estimate of drug-likeness (QED) is 0.728. The van der Waals surface area contributed by atoms with Crippen molar-refractivity contribution in [2.75, 3.05) is 6.61 Å². The van der Waals surface area contributed by atoms with Crippen LogP contribution >= 0.6 is 11.6 Å². The van der Waals surface area contributed by atoms with Crippen LogP contribution < -0.4 is 4.74 Å². The van der Waals surface area contributed by atoms with Crippen LogP contribution in [0.1, 0.15) is 37.6 Å². The predicted octanol–water partition coefficient (Wildman–Crippen LogP) is 3.97. The number of hydrogen-bond acceptors (Lipinski definition) is 2. The minimum absolute atomic E-state index is 0.00961. The van der Waals surface area contributed by atoms with Gasteiger partial charge in [0.2, 0.25) is 0 Å². The first kappa shape index (κ1) is 13.0. The molecule has 0 aliphatic carbocycles. The summed E-state index contributed by atoms with van der Waals surface area (Å²) in [6.07, 6.45) is 1.07. The normalized spacial score (nSPS) is 12.2. The second-order valence-electron chi connectivity index (χ2n) is 4.03. The Balaban J connectivity index is 2.72. The number of hydrogen-bond donors (Lipinski definition) is 0. The summed E-state index contributed by atoms with van der Waals surface area (Å²) in [5.74, 6) is 1.16. The van der Waals surface area contributed by atoms with Crippen molar-refractivity contribution in [3.05, 3.63) is 28.8 Å². The molecule has 0 fully saturated rings. The lowest BCUT2D eigenvalue weighted by atomic mass is 10.1. The first-order valence-corrected chi connectivity index (χ1v) is 5.85. The van der Waals surface area contributed by atoms with Crippen LogP contribution in [0.2, 0.25) is 5.02 Å². The van der Waals surface area contributed by atoms with Gasteiger partial charge in [-0.15, -0.1) is 0 Å². The fourth-order valence-electron chi connectivity index (χ4n) is 1.19. The number of benzene rings is 1. The smallest absolute Gasteiger partial charge is 0.159 e. The summed E-state index contributed by atoms with van der Waals surface area (Å²) in [5, 5.41) is 0.496. The molecule has 16 heavy (non-hydrogen) atoms. The van der Waals surface area contributed by atoms with Crippen LogP contribution in [0.5, 0.6) is 5.75 Å². The molecule has 1 aromatic carbocycles. The topological polar surface area (TPSA) is 26.3 Å². The minimum atomic E-state index is 0.00961. The molecule has 1 rings (SSSR count). The van der Waals surface area contributed by atoms with Crippen molar-refractivity contribution in [3.8, 4) is 5.75 Å². The molecule has 0 aliphatic heterocycles. The van der Waals surface area contributed by atoms with Gasteiger partial charge in [0.25, 0.3) is 0 Å². The van der Waals surface area contributed by atoms with Crippen molar-refractivity contribution in [1.29, 1.82) is 0 Å². The van der Waals surface area contributed by atoms with Crippen molar-refractivity contribution >= 4 is 17.4 Å². The summed E-state index contributed by atoms with van der Waals surface area (Å²) in [6.45, 7) is 6.41. The Bertz CT molecular complexity index is 374. The van der Waals surface area contributed by atoms with Crippen LogP contribution in [-0.4, -0.2) is 12.4 Å². The third-order valence-corrected chi connectivity index (χ3v) is 2.85. The number of ether oxygens (including phenoxy) is 1. The lowest BCUT2D eigenvalue weighted by molar-refractivity contribution is 0.101. The Hall–Kier alpha value is -1.02. The van der Waals surface area contributed by atoms with Crippen LogP contribution in [0, 0.1) is 5.92 Å². The average molecular weight is 241 g/mol.